The lowest BCUT2D eigenvalue weighted by molar-refractivity contribution is -0.122. The van der Waals surface area contributed by atoms with E-state index in [1.807, 2.05) is 20.8 Å². The first-order valence-electron chi connectivity index (χ1n) is 6.33. The number of aromatic nitrogens is 3. The number of amides is 1. The Morgan fingerprint density at radius 1 is 1.42 bits per heavy atom. The van der Waals surface area contributed by atoms with E-state index in [2.05, 4.69) is 20.4 Å². The highest BCUT2D eigenvalue weighted by Crippen LogP contribution is 2.07. The molecule has 1 N–H and O–H groups in total. The third-order valence-electron chi connectivity index (χ3n) is 2.86. The van der Waals surface area contributed by atoms with Gasteiger partial charge in [0.1, 0.15) is 6.54 Å². The van der Waals surface area contributed by atoms with Gasteiger partial charge < -0.3 is 10.1 Å². The minimum Gasteiger partial charge on any atom is -0.464 e. The van der Waals surface area contributed by atoms with Crippen LogP contribution in [-0.2, 0) is 22.5 Å². The molecule has 1 rings (SSSR count). The lowest BCUT2D eigenvalue weighted by Crippen LogP contribution is -2.35. The molecule has 0 spiro atoms. The molecule has 106 valence electrons. The van der Waals surface area contributed by atoms with Gasteiger partial charge in [-0.25, -0.2) is 9.48 Å². The van der Waals surface area contributed by atoms with Crippen molar-refractivity contribution >= 4 is 11.9 Å². The Morgan fingerprint density at radius 3 is 2.63 bits per heavy atom. The quantitative estimate of drug-likeness (QED) is 0.761. The summed E-state index contributed by atoms with van der Waals surface area (Å²) in [4.78, 5) is 23.3. The van der Waals surface area contributed by atoms with Crippen LogP contribution in [0.25, 0.3) is 0 Å². The van der Waals surface area contributed by atoms with Gasteiger partial charge in [0.25, 0.3) is 0 Å². The summed E-state index contributed by atoms with van der Waals surface area (Å²) < 4.78 is 6.06. The molecule has 0 saturated carbocycles. The van der Waals surface area contributed by atoms with E-state index in [-0.39, 0.29) is 24.2 Å². The minimum absolute atomic E-state index is 0.0531. The zero-order valence-corrected chi connectivity index (χ0v) is 11.8. The molecular formula is C12H20N4O3. The Morgan fingerprint density at radius 2 is 2.11 bits per heavy atom. The molecule has 0 radical (unpaired) electrons. The van der Waals surface area contributed by atoms with Crippen LogP contribution in [0.5, 0.6) is 0 Å². The van der Waals surface area contributed by atoms with Crippen molar-refractivity contribution in [1.29, 1.82) is 0 Å². The topological polar surface area (TPSA) is 86.1 Å². The van der Waals surface area contributed by atoms with Gasteiger partial charge in [-0.2, -0.15) is 0 Å². The molecule has 1 atom stereocenters. The average molecular weight is 268 g/mol. The number of ether oxygens (including phenoxy) is 1. The van der Waals surface area contributed by atoms with Gasteiger partial charge in [0.15, 0.2) is 5.69 Å². The standard InChI is InChI=1S/C12H20N4O3/c1-5-8(3)13-10(17)7-16-9(6-2)11(14-15-16)12(18)19-4/h8H,5-7H2,1-4H3,(H,13,17). The number of methoxy groups -OCH3 is 1. The smallest absolute Gasteiger partial charge is 0.360 e. The molecule has 0 aliphatic carbocycles. The van der Waals surface area contributed by atoms with Crippen LogP contribution in [0.2, 0.25) is 0 Å². The van der Waals surface area contributed by atoms with Crippen molar-refractivity contribution in [2.75, 3.05) is 7.11 Å². The van der Waals surface area contributed by atoms with Crippen LogP contribution in [0.1, 0.15) is 43.4 Å². The van der Waals surface area contributed by atoms with Gasteiger partial charge in [0.05, 0.1) is 12.8 Å². The van der Waals surface area contributed by atoms with Crippen LogP contribution >= 0.6 is 0 Å². The van der Waals surface area contributed by atoms with Gasteiger partial charge in [0.2, 0.25) is 5.91 Å². The molecule has 0 saturated heterocycles. The summed E-state index contributed by atoms with van der Waals surface area (Å²) in [6.45, 7) is 5.85. The summed E-state index contributed by atoms with van der Waals surface area (Å²) >= 11 is 0. The van der Waals surface area contributed by atoms with E-state index in [9.17, 15) is 9.59 Å². The zero-order valence-electron chi connectivity index (χ0n) is 11.8. The number of esters is 1. The second-order valence-corrected chi connectivity index (χ2v) is 4.26. The highest BCUT2D eigenvalue weighted by molar-refractivity contribution is 5.88. The lowest BCUT2D eigenvalue weighted by atomic mass is 10.2. The normalized spacial score (nSPS) is 12.0. The van der Waals surface area contributed by atoms with E-state index in [1.54, 1.807) is 0 Å². The highest BCUT2D eigenvalue weighted by atomic mass is 16.5. The Hall–Kier alpha value is -1.92. The number of hydrogen-bond acceptors (Lipinski definition) is 5. The summed E-state index contributed by atoms with van der Waals surface area (Å²) in [7, 11) is 1.29. The first kappa shape index (κ1) is 15.1. The number of hydrogen-bond donors (Lipinski definition) is 1. The average Bonchev–Trinajstić information content (AvgIpc) is 2.79. The van der Waals surface area contributed by atoms with Gasteiger partial charge in [-0.15, -0.1) is 5.10 Å². The molecule has 1 unspecified atom stereocenters. The van der Waals surface area contributed by atoms with E-state index in [0.717, 1.165) is 6.42 Å². The van der Waals surface area contributed by atoms with Crippen LogP contribution < -0.4 is 5.32 Å². The van der Waals surface area contributed by atoms with Crippen molar-refractivity contribution in [1.82, 2.24) is 20.3 Å². The van der Waals surface area contributed by atoms with Crippen LogP contribution in [-0.4, -0.2) is 40.0 Å². The predicted octanol–water partition coefficient (Wildman–Crippen LogP) is 0.542. The summed E-state index contributed by atoms with van der Waals surface area (Å²) in [6, 6.07) is 0.112. The molecule has 1 amide bonds. The molecule has 1 aromatic rings. The first-order valence-corrected chi connectivity index (χ1v) is 6.33. The third-order valence-corrected chi connectivity index (χ3v) is 2.86. The maximum Gasteiger partial charge on any atom is 0.360 e. The summed E-state index contributed by atoms with van der Waals surface area (Å²) in [5.41, 5.74) is 0.771. The van der Waals surface area contributed by atoms with Crippen molar-refractivity contribution in [3.63, 3.8) is 0 Å². The fourth-order valence-corrected chi connectivity index (χ4v) is 1.62. The number of carbonyl (C=O) groups is 2. The van der Waals surface area contributed by atoms with E-state index in [1.165, 1.54) is 11.8 Å². The summed E-state index contributed by atoms with van der Waals surface area (Å²) in [5.74, 6) is -0.684. The summed E-state index contributed by atoms with van der Waals surface area (Å²) in [6.07, 6.45) is 1.41. The summed E-state index contributed by atoms with van der Waals surface area (Å²) in [5, 5.41) is 10.4. The molecule has 0 aliphatic rings. The van der Waals surface area contributed by atoms with E-state index >= 15 is 0 Å². The number of carbonyl (C=O) groups excluding carboxylic acids is 2. The molecule has 1 aromatic heterocycles. The van der Waals surface area contributed by atoms with Crippen molar-refractivity contribution < 1.29 is 14.3 Å². The van der Waals surface area contributed by atoms with Gasteiger partial charge in [-0.3, -0.25) is 4.79 Å². The fraction of sp³-hybridized carbons (Fsp3) is 0.667. The van der Waals surface area contributed by atoms with E-state index < -0.39 is 5.97 Å². The monoisotopic (exact) mass is 268 g/mol. The molecule has 0 bridgehead atoms. The van der Waals surface area contributed by atoms with Crippen LogP contribution in [0.3, 0.4) is 0 Å². The van der Waals surface area contributed by atoms with Crippen molar-refractivity contribution in [2.45, 2.75) is 46.2 Å². The predicted molar refractivity (Wildman–Crippen MR) is 68.6 cm³/mol. The SMILES string of the molecule is CCc1c(C(=O)OC)nnn1CC(=O)NC(C)CC. The van der Waals surface area contributed by atoms with E-state index in [0.29, 0.717) is 12.1 Å². The maximum absolute atomic E-state index is 11.8. The Balaban J connectivity index is 2.82. The highest BCUT2D eigenvalue weighted by Gasteiger charge is 2.20. The zero-order chi connectivity index (χ0) is 14.4. The fourth-order valence-electron chi connectivity index (χ4n) is 1.62. The van der Waals surface area contributed by atoms with Gasteiger partial charge in [-0.05, 0) is 19.8 Å². The van der Waals surface area contributed by atoms with Crippen LogP contribution in [0.15, 0.2) is 0 Å². The molecule has 7 heteroatoms. The molecule has 7 nitrogen and oxygen atoms in total. The Bertz CT molecular complexity index is 456. The second-order valence-electron chi connectivity index (χ2n) is 4.26. The minimum atomic E-state index is -0.537. The number of nitrogens with zero attached hydrogens (tertiary/aromatic N) is 3. The molecular weight excluding hydrogens is 248 g/mol. The maximum atomic E-state index is 11.8. The van der Waals surface area contributed by atoms with Gasteiger partial charge >= 0.3 is 5.97 Å². The Kier molecular flexibility index (Phi) is 5.47. The number of rotatable bonds is 6. The van der Waals surface area contributed by atoms with Crippen LogP contribution in [0.4, 0.5) is 0 Å². The Labute approximate surface area is 112 Å². The van der Waals surface area contributed by atoms with Gasteiger partial charge in [-0.1, -0.05) is 19.1 Å². The lowest BCUT2D eigenvalue weighted by Gasteiger charge is -2.11. The van der Waals surface area contributed by atoms with Crippen LogP contribution in [0, 0.1) is 0 Å². The molecule has 0 aliphatic heterocycles. The molecule has 0 fully saturated rings. The first-order chi connectivity index (χ1) is 9.03. The molecule has 1 heterocycles. The van der Waals surface area contributed by atoms with Crippen molar-refractivity contribution in [3.05, 3.63) is 11.4 Å². The molecule has 19 heavy (non-hydrogen) atoms. The van der Waals surface area contributed by atoms with Gasteiger partial charge in [0, 0.05) is 6.04 Å². The number of nitrogens with one attached hydrogen (secondary N) is 1. The third kappa shape index (κ3) is 3.77. The second kappa shape index (κ2) is 6.86. The van der Waals surface area contributed by atoms with E-state index in [4.69, 9.17) is 0 Å². The molecule has 0 aromatic carbocycles. The largest absolute Gasteiger partial charge is 0.464 e. The van der Waals surface area contributed by atoms with Crippen molar-refractivity contribution in [3.8, 4) is 0 Å². The van der Waals surface area contributed by atoms with Crippen molar-refractivity contribution in [2.24, 2.45) is 0 Å².